The second kappa shape index (κ2) is 7.98. The Morgan fingerprint density at radius 1 is 1.09 bits per heavy atom. The van der Waals surface area contributed by atoms with E-state index in [9.17, 15) is 9.90 Å². The lowest BCUT2D eigenvalue weighted by Gasteiger charge is -2.12. The Balaban J connectivity index is 1.55. The first kappa shape index (κ1) is 21.1. The van der Waals surface area contributed by atoms with Crippen LogP contribution in [0.15, 0.2) is 54.7 Å². The van der Waals surface area contributed by atoms with Crippen LogP contribution >= 0.6 is 11.6 Å². The van der Waals surface area contributed by atoms with Gasteiger partial charge in [0.2, 0.25) is 0 Å². The average Bonchev–Trinajstić information content (AvgIpc) is 3.40. The molecule has 0 saturated heterocycles. The van der Waals surface area contributed by atoms with Crippen molar-refractivity contribution in [1.82, 2.24) is 15.0 Å². The first-order valence-electron chi connectivity index (χ1n) is 10.6. The number of hydrogen-bond acceptors (Lipinski definition) is 3. The Morgan fingerprint density at radius 2 is 1.91 bits per heavy atom. The van der Waals surface area contributed by atoms with Crippen molar-refractivity contribution in [2.75, 3.05) is 0 Å². The van der Waals surface area contributed by atoms with Crippen LogP contribution in [0.5, 0.6) is 11.8 Å². The van der Waals surface area contributed by atoms with Crippen LogP contribution < -0.4 is 4.74 Å². The number of nitrogens with zero attached hydrogens (tertiary/aromatic N) is 1. The largest absolute Gasteiger partial charge is 0.478 e. The lowest BCUT2D eigenvalue weighted by atomic mass is 9.94. The fourth-order valence-corrected chi connectivity index (χ4v) is 4.43. The van der Waals surface area contributed by atoms with Crippen LogP contribution in [0.1, 0.15) is 41.3 Å². The summed E-state index contributed by atoms with van der Waals surface area (Å²) in [5, 5.41) is 11.1. The van der Waals surface area contributed by atoms with Crippen LogP contribution in [0.2, 0.25) is 5.02 Å². The fraction of sp³-hybridized carbons (Fsp3) is 0.154. The zero-order chi connectivity index (χ0) is 23.3. The number of nitrogens with one attached hydrogen (secondary N) is 2. The zero-order valence-electron chi connectivity index (χ0n) is 18.4. The first-order chi connectivity index (χ1) is 15.8. The third-order valence-electron chi connectivity index (χ3n) is 5.87. The molecule has 0 unspecified atom stereocenters. The summed E-state index contributed by atoms with van der Waals surface area (Å²) in [5.74, 6) is -0.215. The van der Waals surface area contributed by atoms with Crippen LogP contribution in [0.25, 0.3) is 33.1 Å². The zero-order valence-corrected chi connectivity index (χ0v) is 19.1. The second-order valence-corrected chi connectivity index (χ2v) is 8.81. The van der Waals surface area contributed by atoms with E-state index in [0.717, 1.165) is 27.5 Å². The summed E-state index contributed by atoms with van der Waals surface area (Å²) in [6, 6.07) is 15.2. The molecule has 0 saturated carbocycles. The van der Waals surface area contributed by atoms with Crippen molar-refractivity contribution in [3.05, 3.63) is 76.4 Å². The van der Waals surface area contributed by atoms with Gasteiger partial charge in [-0.05, 0) is 59.9 Å². The number of aromatic carboxylic acids is 1. The standard InChI is InChI=1S/C26H22ClN3O3/c1-13(2)16-6-7-17(18-8-9-28-24(16)18)20-11-22-23(12-21(20)27)30-26(29-22)33-15-5-4-14(3)19(10-15)25(31)32/h4-13,28H,1-3H3,(H,29,30)(H,31,32). The number of H-pyrrole nitrogens is 2. The monoisotopic (exact) mass is 459 g/mol. The normalized spacial score (nSPS) is 11.5. The molecule has 166 valence electrons. The third kappa shape index (κ3) is 3.72. The van der Waals surface area contributed by atoms with Crippen molar-refractivity contribution in [3.63, 3.8) is 0 Å². The third-order valence-corrected chi connectivity index (χ3v) is 6.18. The number of halogens is 1. The van der Waals surface area contributed by atoms with Gasteiger partial charge in [-0.1, -0.05) is 43.6 Å². The minimum absolute atomic E-state index is 0.189. The highest BCUT2D eigenvalue weighted by Gasteiger charge is 2.16. The number of imidazole rings is 1. The maximum atomic E-state index is 11.4. The molecular weight excluding hydrogens is 438 g/mol. The molecule has 0 aliphatic rings. The molecule has 3 N–H and O–H groups in total. The van der Waals surface area contributed by atoms with Gasteiger partial charge in [-0.3, -0.25) is 0 Å². The summed E-state index contributed by atoms with van der Waals surface area (Å²) in [4.78, 5) is 22.4. The Morgan fingerprint density at radius 3 is 2.67 bits per heavy atom. The molecule has 6 nitrogen and oxygen atoms in total. The molecule has 5 aromatic rings. The van der Waals surface area contributed by atoms with Crippen molar-refractivity contribution in [2.24, 2.45) is 0 Å². The van der Waals surface area contributed by atoms with E-state index in [0.29, 0.717) is 27.8 Å². The molecule has 0 amide bonds. The number of rotatable bonds is 5. The van der Waals surface area contributed by atoms with E-state index < -0.39 is 5.97 Å². The van der Waals surface area contributed by atoms with Crippen molar-refractivity contribution < 1.29 is 14.6 Å². The van der Waals surface area contributed by atoms with Crippen molar-refractivity contribution in [2.45, 2.75) is 26.7 Å². The van der Waals surface area contributed by atoms with Crippen molar-refractivity contribution in [1.29, 1.82) is 0 Å². The molecule has 0 radical (unpaired) electrons. The lowest BCUT2D eigenvalue weighted by molar-refractivity contribution is 0.0695. The highest BCUT2D eigenvalue weighted by molar-refractivity contribution is 6.34. The van der Waals surface area contributed by atoms with Gasteiger partial charge in [-0.15, -0.1) is 0 Å². The molecule has 2 aromatic heterocycles. The number of carboxylic acid groups (broad SMARTS) is 1. The number of fused-ring (bicyclic) bond motifs is 2. The number of carbonyl (C=O) groups is 1. The van der Waals surface area contributed by atoms with Gasteiger partial charge in [0.1, 0.15) is 5.75 Å². The van der Waals surface area contributed by atoms with E-state index in [1.165, 1.54) is 11.6 Å². The Bertz CT molecular complexity index is 1530. The smallest absolute Gasteiger partial charge is 0.336 e. The van der Waals surface area contributed by atoms with Gasteiger partial charge in [0.05, 0.1) is 21.6 Å². The van der Waals surface area contributed by atoms with Gasteiger partial charge in [0.25, 0.3) is 6.01 Å². The number of ether oxygens (including phenoxy) is 1. The van der Waals surface area contributed by atoms with Gasteiger partial charge in [-0.25, -0.2) is 4.79 Å². The van der Waals surface area contributed by atoms with Crippen LogP contribution in [0, 0.1) is 6.92 Å². The molecule has 0 bridgehead atoms. The first-order valence-corrected chi connectivity index (χ1v) is 11.0. The predicted molar refractivity (Wildman–Crippen MR) is 131 cm³/mol. The van der Waals surface area contributed by atoms with Crippen LogP contribution in [-0.4, -0.2) is 26.0 Å². The molecule has 0 spiro atoms. The average molecular weight is 460 g/mol. The van der Waals surface area contributed by atoms with Gasteiger partial charge < -0.3 is 19.8 Å². The second-order valence-electron chi connectivity index (χ2n) is 8.40. The van der Waals surface area contributed by atoms with E-state index in [2.05, 4.69) is 47.0 Å². The summed E-state index contributed by atoms with van der Waals surface area (Å²) < 4.78 is 5.82. The number of benzene rings is 3. The summed E-state index contributed by atoms with van der Waals surface area (Å²) >= 11 is 6.69. The molecule has 2 heterocycles. The highest BCUT2D eigenvalue weighted by Crippen LogP contribution is 2.38. The number of aromatic amines is 2. The number of aromatic nitrogens is 3. The van der Waals surface area contributed by atoms with Crippen LogP contribution in [0.4, 0.5) is 0 Å². The topological polar surface area (TPSA) is 91.0 Å². The number of hydrogen-bond donors (Lipinski definition) is 3. The molecule has 3 aromatic carbocycles. The summed E-state index contributed by atoms with van der Waals surface area (Å²) in [6.45, 7) is 6.09. The van der Waals surface area contributed by atoms with E-state index in [-0.39, 0.29) is 11.6 Å². The van der Waals surface area contributed by atoms with Gasteiger partial charge >= 0.3 is 5.97 Å². The molecular formula is C26H22ClN3O3. The number of carboxylic acids is 1. The molecule has 0 fully saturated rings. The minimum atomic E-state index is -1.00. The summed E-state index contributed by atoms with van der Waals surface area (Å²) in [7, 11) is 0. The van der Waals surface area contributed by atoms with E-state index >= 15 is 0 Å². The highest BCUT2D eigenvalue weighted by atomic mass is 35.5. The molecule has 5 rings (SSSR count). The lowest BCUT2D eigenvalue weighted by Crippen LogP contribution is -2.00. The minimum Gasteiger partial charge on any atom is -0.478 e. The van der Waals surface area contributed by atoms with Crippen LogP contribution in [0.3, 0.4) is 0 Å². The number of aryl methyl sites for hydroxylation is 1. The SMILES string of the molecule is Cc1ccc(Oc2nc3cc(-c4ccc(C(C)C)c5[nH]ccc45)c(Cl)cc3[nH]2)cc1C(=O)O. The van der Waals surface area contributed by atoms with Gasteiger partial charge in [0, 0.05) is 22.7 Å². The van der Waals surface area contributed by atoms with E-state index in [4.69, 9.17) is 16.3 Å². The molecule has 0 aliphatic heterocycles. The molecule has 0 aliphatic carbocycles. The predicted octanol–water partition coefficient (Wildman–Crippen LogP) is 7.29. The van der Waals surface area contributed by atoms with Crippen LogP contribution in [-0.2, 0) is 0 Å². The Kier molecular flexibility index (Phi) is 5.10. The fourth-order valence-electron chi connectivity index (χ4n) is 4.16. The Hall–Kier alpha value is -3.77. The van der Waals surface area contributed by atoms with E-state index in [1.54, 1.807) is 19.1 Å². The summed E-state index contributed by atoms with van der Waals surface area (Å²) in [5.41, 5.74) is 6.55. The van der Waals surface area contributed by atoms with Gasteiger partial charge in [0.15, 0.2) is 0 Å². The van der Waals surface area contributed by atoms with Gasteiger partial charge in [-0.2, -0.15) is 4.98 Å². The molecule has 0 atom stereocenters. The van der Waals surface area contributed by atoms with Crippen molar-refractivity contribution >= 4 is 39.5 Å². The maximum Gasteiger partial charge on any atom is 0.336 e. The van der Waals surface area contributed by atoms with E-state index in [1.807, 2.05) is 18.3 Å². The maximum absolute atomic E-state index is 11.4. The quantitative estimate of drug-likeness (QED) is 0.257. The van der Waals surface area contributed by atoms with Crippen molar-refractivity contribution in [3.8, 4) is 22.9 Å². The molecule has 33 heavy (non-hydrogen) atoms. The molecule has 7 heteroatoms. The summed E-state index contributed by atoms with van der Waals surface area (Å²) in [6.07, 6.45) is 1.94. The Labute approximate surface area is 195 Å².